The molecule has 0 N–H and O–H groups in total. The van der Waals surface area contributed by atoms with Gasteiger partial charge in [0, 0.05) is 15.6 Å². The Bertz CT molecular complexity index is 971. The zero-order valence-corrected chi connectivity index (χ0v) is 17.8. The number of aliphatic imine (C=N–C) groups is 1. The van der Waals surface area contributed by atoms with Crippen molar-refractivity contribution in [1.29, 1.82) is 0 Å². The van der Waals surface area contributed by atoms with Crippen LogP contribution in [0, 0.1) is 5.92 Å². The van der Waals surface area contributed by atoms with Gasteiger partial charge < -0.3 is 4.74 Å². The summed E-state index contributed by atoms with van der Waals surface area (Å²) in [5.74, 6) is 1.36. The predicted octanol–water partition coefficient (Wildman–Crippen LogP) is 7.02. The average Bonchev–Trinajstić information content (AvgIpc) is 3.10. The maximum atomic E-state index is 12.2. The molecule has 0 spiro atoms. The average molecular weight is 428 g/mol. The highest BCUT2D eigenvalue weighted by molar-refractivity contribution is 6.35. The lowest BCUT2D eigenvalue weighted by Gasteiger charge is -2.28. The number of carbonyl (C=O) groups excluding carboxylic acids is 1. The van der Waals surface area contributed by atoms with Crippen molar-refractivity contribution in [2.24, 2.45) is 10.9 Å². The molecule has 0 bridgehead atoms. The van der Waals surface area contributed by atoms with Crippen LogP contribution in [-0.2, 0) is 9.53 Å². The van der Waals surface area contributed by atoms with Gasteiger partial charge in [-0.3, -0.25) is 0 Å². The van der Waals surface area contributed by atoms with Crippen LogP contribution in [0.1, 0.15) is 61.6 Å². The minimum Gasteiger partial charge on any atom is -0.402 e. The fourth-order valence-electron chi connectivity index (χ4n) is 4.10. The van der Waals surface area contributed by atoms with Crippen LogP contribution < -0.4 is 0 Å². The summed E-state index contributed by atoms with van der Waals surface area (Å²) >= 11 is 12.1. The highest BCUT2D eigenvalue weighted by atomic mass is 35.5. The van der Waals surface area contributed by atoms with Crippen molar-refractivity contribution in [3.63, 3.8) is 0 Å². The highest BCUT2D eigenvalue weighted by Crippen LogP contribution is 2.37. The van der Waals surface area contributed by atoms with Crippen molar-refractivity contribution >= 4 is 41.1 Å². The largest absolute Gasteiger partial charge is 0.402 e. The zero-order valence-electron chi connectivity index (χ0n) is 16.3. The number of benzene rings is 2. The number of rotatable bonds is 4. The summed E-state index contributed by atoms with van der Waals surface area (Å²) in [5.41, 5.74) is 3.06. The van der Waals surface area contributed by atoms with Crippen LogP contribution in [-0.4, -0.2) is 11.9 Å². The monoisotopic (exact) mass is 427 g/mol. The Morgan fingerprint density at radius 1 is 1.07 bits per heavy atom. The molecule has 0 atom stereocenters. The molecular weight excluding hydrogens is 405 g/mol. The van der Waals surface area contributed by atoms with Crippen molar-refractivity contribution in [3.05, 3.63) is 74.9 Å². The topological polar surface area (TPSA) is 38.7 Å². The van der Waals surface area contributed by atoms with Crippen molar-refractivity contribution < 1.29 is 9.53 Å². The second-order valence-electron chi connectivity index (χ2n) is 7.75. The van der Waals surface area contributed by atoms with Gasteiger partial charge in [0.1, 0.15) is 0 Å². The van der Waals surface area contributed by atoms with E-state index in [0.717, 1.165) is 11.5 Å². The van der Waals surface area contributed by atoms with Crippen LogP contribution in [0.2, 0.25) is 10.0 Å². The molecule has 2 aliphatic rings. The van der Waals surface area contributed by atoms with Crippen LogP contribution in [0.4, 0.5) is 0 Å². The van der Waals surface area contributed by atoms with E-state index >= 15 is 0 Å². The summed E-state index contributed by atoms with van der Waals surface area (Å²) in [7, 11) is 0. The molecule has 29 heavy (non-hydrogen) atoms. The highest BCUT2D eigenvalue weighted by Gasteiger charge is 2.25. The van der Waals surface area contributed by atoms with E-state index in [4.69, 9.17) is 27.9 Å². The Morgan fingerprint density at radius 3 is 2.45 bits per heavy atom. The minimum absolute atomic E-state index is 0.228. The fraction of sp³-hybridized carbons (Fsp3) is 0.333. The Balaban J connectivity index is 1.51. The number of hydrogen-bond donors (Lipinski definition) is 0. The SMILES string of the molecule is CCC1CCC(c2ccc(C3=N/C(=C/c4ccc(Cl)cc4Cl)C(=O)O3)cc2)CC1. The third-order valence-electron chi connectivity index (χ3n) is 5.93. The summed E-state index contributed by atoms with van der Waals surface area (Å²) in [6.07, 6.45) is 8.04. The van der Waals surface area contributed by atoms with Crippen LogP contribution in [0.3, 0.4) is 0 Å². The van der Waals surface area contributed by atoms with E-state index in [1.54, 1.807) is 24.3 Å². The molecule has 1 aliphatic heterocycles. The first-order valence-corrected chi connectivity index (χ1v) is 10.9. The molecule has 2 aromatic carbocycles. The van der Waals surface area contributed by atoms with Crippen LogP contribution in [0.5, 0.6) is 0 Å². The summed E-state index contributed by atoms with van der Waals surface area (Å²) in [4.78, 5) is 16.6. The van der Waals surface area contributed by atoms with Gasteiger partial charge in [0.25, 0.3) is 0 Å². The molecule has 150 valence electrons. The third-order valence-corrected chi connectivity index (χ3v) is 6.49. The minimum atomic E-state index is -0.479. The number of ether oxygens (including phenoxy) is 1. The normalized spacial score (nSPS) is 23.2. The molecule has 0 saturated heterocycles. The van der Waals surface area contributed by atoms with E-state index in [1.165, 1.54) is 37.7 Å². The maximum absolute atomic E-state index is 12.2. The predicted molar refractivity (Wildman–Crippen MR) is 119 cm³/mol. The van der Waals surface area contributed by atoms with Gasteiger partial charge in [0.05, 0.1) is 0 Å². The van der Waals surface area contributed by atoms with Gasteiger partial charge in [0.15, 0.2) is 5.70 Å². The van der Waals surface area contributed by atoms with Crippen molar-refractivity contribution in [3.8, 4) is 0 Å². The molecule has 0 unspecified atom stereocenters. The van der Waals surface area contributed by atoms with Gasteiger partial charge in [-0.1, -0.05) is 54.7 Å². The van der Waals surface area contributed by atoms with Crippen molar-refractivity contribution in [2.75, 3.05) is 0 Å². The summed E-state index contributed by atoms with van der Waals surface area (Å²) in [5, 5.41) is 1.00. The van der Waals surface area contributed by atoms with Crippen LogP contribution in [0.25, 0.3) is 6.08 Å². The first-order chi connectivity index (χ1) is 14.0. The van der Waals surface area contributed by atoms with E-state index in [9.17, 15) is 4.79 Å². The van der Waals surface area contributed by atoms with Gasteiger partial charge in [-0.15, -0.1) is 0 Å². The molecular formula is C24H23Cl2NO2. The lowest BCUT2D eigenvalue weighted by atomic mass is 9.78. The molecule has 1 saturated carbocycles. The summed E-state index contributed by atoms with van der Waals surface area (Å²) < 4.78 is 5.38. The van der Waals surface area contributed by atoms with Gasteiger partial charge in [0.2, 0.25) is 5.90 Å². The number of halogens is 2. The molecule has 0 amide bonds. The van der Waals surface area contributed by atoms with E-state index in [-0.39, 0.29) is 5.70 Å². The van der Waals surface area contributed by atoms with Crippen molar-refractivity contribution in [1.82, 2.24) is 0 Å². The van der Waals surface area contributed by atoms with Crippen molar-refractivity contribution in [2.45, 2.75) is 44.9 Å². The Kier molecular flexibility index (Phi) is 6.07. The number of nitrogens with zero attached hydrogens (tertiary/aromatic N) is 1. The third kappa shape index (κ3) is 4.57. The number of carbonyl (C=O) groups is 1. The fourth-order valence-corrected chi connectivity index (χ4v) is 4.56. The molecule has 0 radical (unpaired) electrons. The molecule has 1 aliphatic carbocycles. The molecule has 5 heteroatoms. The Hall–Kier alpha value is -2.10. The summed E-state index contributed by atoms with van der Waals surface area (Å²) in [6.45, 7) is 2.28. The van der Waals surface area contributed by atoms with Gasteiger partial charge >= 0.3 is 5.97 Å². The van der Waals surface area contributed by atoms with Crippen LogP contribution in [0.15, 0.2) is 53.2 Å². The molecule has 2 aromatic rings. The lowest BCUT2D eigenvalue weighted by molar-refractivity contribution is -0.129. The zero-order chi connectivity index (χ0) is 20.4. The molecule has 3 nitrogen and oxygen atoms in total. The number of esters is 1. The van der Waals surface area contributed by atoms with E-state index < -0.39 is 5.97 Å². The van der Waals surface area contributed by atoms with E-state index in [1.807, 2.05) is 12.1 Å². The molecule has 1 heterocycles. The summed E-state index contributed by atoms with van der Waals surface area (Å²) in [6, 6.07) is 13.4. The number of cyclic esters (lactones) is 1. The number of hydrogen-bond acceptors (Lipinski definition) is 3. The van der Waals surface area contributed by atoms with Gasteiger partial charge in [-0.2, -0.15) is 0 Å². The first-order valence-electron chi connectivity index (χ1n) is 10.1. The molecule has 4 rings (SSSR count). The first kappa shape index (κ1) is 20.2. The second-order valence-corrected chi connectivity index (χ2v) is 8.59. The van der Waals surface area contributed by atoms with E-state index in [0.29, 0.717) is 27.4 Å². The lowest BCUT2D eigenvalue weighted by Crippen LogP contribution is -2.13. The molecule has 1 fully saturated rings. The second kappa shape index (κ2) is 8.73. The smallest absolute Gasteiger partial charge is 0.363 e. The van der Waals surface area contributed by atoms with Gasteiger partial charge in [-0.05, 0) is 79.0 Å². The maximum Gasteiger partial charge on any atom is 0.363 e. The quantitative estimate of drug-likeness (QED) is 0.388. The molecule has 0 aromatic heterocycles. The standard InChI is InChI=1S/C24H23Cl2NO2/c1-2-15-3-5-16(6-4-15)17-7-9-18(10-8-17)23-27-22(24(28)29-23)13-19-11-12-20(25)14-21(19)26/h7-16H,2-6H2,1H3/b22-13+. The van der Waals surface area contributed by atoms with Crippen LogP contribution >= 0.6 is 23.2 Å². The van der Waals surface area contributed by atoms with Gasteiger partial charge in [-0.25, -0.2) is 9.79 Å². The van der Waals surface area contributed by atoms with E-state index in [2.05, 4.69) is 24.0 Å². The Morgan fingerprint density at radius 2 is 1.79 bits per heavy atom. The Labute approximate surface area is 181 Å².